The van der Waals surface area contributed by atoms with Crippen molar-refractivity contribution < 1.29 is 23.8 Å². The van der Waals surface area contributed by atoms with E-state index in [9.17, 15) is 9.59 Å². The Morgan fingerprint density at radius 2 is 1.61 bits per heavy atom. The molecule has 1 fully saturated rings. The molecule has 38 heavy (non-hydrogen) atoms. The fourth-order valence-electron chi connectivity index (χ4n) is 6.15. The predicted octanol–water partition coefficient (Wildman–Crippen LogP) is 4.11. The monoisotopic (exact) mass is 523 g/mol. The molecule has 0 unspecified atom stereocenters. The molecule has 2 aliphatic rings. The third-order valence-electron chi connectivity index (χ3n) is 7.81. The number of fused-ring (bicyclic) bond motifs is 1. The van der Waals surface area contributed by atoms with Gasteiger partial charge in [-0.15, -0.1) is 0 Å². The van der Waals surface area contributed by atoms with Gasteiger partial charge >= 0.3 is 0 Å². The highest BCUT2D eigenvalue weighted by molar-refractivity contribution is 6.02. The minimum Gasteiger partial charge on any atom is -0.497 e. The van der Waals surface area contributed by atoms with Crippen LogP contribution in [0, 0.1) is 11.8 Å². The van der Waals surface area contributed by atoms with E-state index >= 15 is 0 Å². The lowest BCUT2D eigenvalue weighted by Crippen LogP contribution is -2.46. The molecule has 0 aromatic heterocycles. The van der Waals surface area contributed by atoms with Crippen LogP contribution in [0.3, 0.4) is 0 Å². The summed E-state index contributed by atoms with van der Waals surface area (Å²) in [6.45, 7) is 8.38. The van der Waals surface area contributed by atoms with E-state index in [2.05, 4.69) is 24.1 Å². The number of nitrogens with one attached hydrogen (secondary N) is 1. The fourth-order valence-corrected chi connectivity index (χ4v) is 6.15. The molecule has 1 N–H and O–H groups in total. The van der Waals surface area contributed by atoms with Crippen molar-refractivity contribution >= 4 is 11.8 Å². The zero-order valence-corrected chi connectivity index (χ0v) is 23.5. The molecule has 0 aliphatic carbocycles. The number of amides is 2. The van der Waals surface area contributed by atoms with Crippen LogP contribution in [-0.2, 0) is 4.79 Å². The Balaban J connectivity index is 1.60. The van der Waals surface area contributed by atoms with E-state index < -0.39 is 12.0 Å². The molecule has 1 saturated heterocycles. The van der Waals surface area contributed by atoms with Crippen molar-refractivity contribution in [3.8, 4) is 17.2 Å². The first-order valence-corrected chi connectivity index (χ1v) is 13.4. The maximum Gasteiger partial charge on any atom is 0.254 e. The number of likely N-dealkylation sites (N-methyl/N-ethyl adjacent to an activating group) is 1. The van der Waals surface area contributed by atoms with Crippen molar-refractivity contribution in [1.82, 2.24) is 15.1 Å². The normalized spacial score (nSPS) is 23.5. The van der Waals surface area contributed by atoms with Crippen molar-refractivity contribution in [2.24, 2.45) is 11.8 Å². The van der Waals surface area contributed by atoms with Gasteiger partial charge < -0.3 is 29.3 Å². The average molecular weight is 524 g/mol. The van der Waals surface area contributed by atoms with Gasteiger partial charge in [-0.05, 0) is 66.6 Å². The Morgan fingerprint density at radius 1 is 0.974 bits per heavy atom. The number of piperidine rings is 1. The topological polar surface area (TPSA) is 80.3 Å². The summed E-state index contributed by atoms with van der Waals surface area (Å²) < 4.78 is 16.3. The highest BCUT2D eigenvalue weighted by atomic mass is 16.5. The first kappa shape index (κ1) is 27.8. The van der Waals surface area contributed by atoms with E-state index in [0.717, 1.165) is 31.6 Å². The average Bonchev–Trinajstić information content (AvgIpc) is 2.91. The summed E-state index contributed by atoms with van der Waals surface area (Å²) in [6, 6.07) is 10.5. The minimum atomic E-state index is -0.615. The molecule has 0 radical (unpaired) electrons. The quantitative estimate of drug-likeness (QED) is 0.499. The third kappa shape index (κ3) is 5.75. The summed E-state index contributed by atoms with van der Waals surface area (Å²) in [6.07, 6.45) is 2.15. The molecule has 2 aromatic carbocycles. The lowest BCUT2D eigenvalue weighted by Gasteiger charge is -2.40. The van der Waals surface area contributed by atoms with Crippen molar-refractivity contribution in [2.75, 3.05) is 54.6 Å². The van der Waals surface area contributed by atoms with Crippen LogP contribution in [0.15, 0.2) is 36.4 Å². The van der Waals surface area contributed by atoms with Crippen molar-refractivity contribution in [3.63, 3.8) is 0 Å². The number of likely N-dealkylation sites (tertiary alicyclic amines) is 1. The molecule has 4 atom stereocenters. The second-order valence-electron chi connectivity index (χ2n) is 10.8. The number of rotatable bonds is 9. The van der Waals surface area contributed by atoms with Gasteiger partial charge in [0.05, 0.1) is 33.3 Å². The Morgan fingerprint density at radius 3 is 2.21 bits per heavy atom. The van der Waals surface area contributed by atoms with Gasteiger partial charge in [-0.3, -0.25) is 9.59 Å². The van der Waals surface area contributed by atoms with Crippen LogP contribution in [0.25, 0.3) is 0 Å². The number of hydrogen-bond donors (Lipinski definition) is 1. The summed E-state index contributed by atoms with van der Waals surface area (Å²) in [7, 11) is 6.45. The van der Waals surface area contributed by atoms with Gasteiger partial charge in [0, 0.05) is 32.2 Å². The third-order valence-corrected chi connectivity index (χ3v) is 7.81. The van der Waals surface area contributed by atoms with Gasteiger partial charge in [-0.25, -0.2) is 0 Å². The van der Waals surface area contributed by atoms with Crippen LogP contribution in [0.2, 0.25) is 0 Å². The second-order valence-corrected chi connectivity index (χ2v) is 10.8. The van der Waals surface area contributed by atoms with Crippen LogP contribution < -0.4 is 19.5 Å². The summed E-state index contributed by atoms with van der Waals surface area (Å²) in [5.74, 6) is 2.18. The zero-order chi connectivity index (χ0) is 27.4. The van der Waals surface area contributed by atoms with Gasteiger partial charge in [-0.2, -0.15) is 0 Å². The van der Waals surface area contributed by atoms with Crippen molar-refractivity contribution in [2.45, 2.75) is 38.6 Å². The molecular formula is C30H41N3O5. The number of methoxy groups -OCH3 is 3. The lowest BCUT2D eigenvalue weighted by molar-refractivity contribution is -0.124. The highest BCUT2D eigenvalue weighted by Gasteiger charge is 2.43. The lowest BCUT2D eigenvalue weighted by atomic mass is 9.79. The summed E-state index contributed by atoms with van der Waals surface area (Å²) in [5.41, 5.74) is 1.95. The van der Waals surface area contributed by atoms with Crippen molar-refractivity contribution in [3.05, 3.63) is 53.1 Å². The predicted molar refractivity (Wildman–Crippen MR) is 147 cm³/mol. The largest absolute Gasteiger partial charge is 0.497 e. The Hall–Kier alpha value is -3.26. The van der Waals surface area contributed by atoms with Crippen LogP contribution in [0.5, 0.6) is 17.2 Å². The van der Waals surface area contributed by atoms with Gasteiger partial charge in [0.15, 0.2) is 11.5 Å². The van der Waals surface area contributed by atoms with Gasteiger partial charge in [0.25, 0.3) is 5.91 Å². The molecule has 2 aromatic rings. The number of carbonyl (C=O) groups excluding carboxylic acids is 2. The first-order chi connectivity index (χ1) is 18.3. The van der Waals surface area contributed by atoms with E-state index in [1.807, 2.05) is 24.3 Å². The minimum absolute atomic E-state index is 0.112. The van der Waals surface area contributed by atoms with Crippen LogP contribution >= 0.6 is 0 Å². The second kappa shape index (κ2) is 12.1. The number of benzene rings is 2. The van der Waals surface area contributed by atoms with Crippen LogP contribution in [0.1, 0.15) is 60.1 Å². The van der Waals surface area contributed by atoms with Gasteiger partial charge in [0.2, 0.25) is 5.91 Å². The van der Waals surface area contributed by atoms with Gasteiger partial charge in [0.1, 0.15) is 5.75 Å². The number of carbonyl (C=O) groups is 2. The molecule has 2 aliphatic heterocycles. The summed E-state index contributed by atoms with van der Waals surface area (Å²) >= 11 is 0. The van der Waals surface area contributed by atoms with Crippen molar-refractivity contribution in [1.29, 1.82) is 0 Å². The molecule has 0 bridgehead atoms. The SMILES string of the molecule is COc1ccc([C@H]2[C@@H](C(=O)NCCCN3C[C@H](C)C[C@H](C)C3)c3cc(OC)c(OC)cc3C(=O)N2C)cc1. The van der Waals surface area contributed by atoms with E-state index in [-0.39, 0.29) is 11.8 Å². The van der Waals surface area contributed by atoms with E-state index in [0.29, 0.717) is 46.8 Å². The molecule has 206 valence electrons. The highest BCUT2D eigenvalue weighted by Crippen LogP contribution is 2.45. The summed E-state index contributed by atoms with van der Waals surface area (Å²) in [5, 5.41) is 3.18. The van der Waals surface area contributed by atoms with E-state index in [1.165, 1.54) is 13.5 Å². The van der Waals surface area contributed by atoms with Gasteiger partial charge in [-0.1, -0.05) is 26.0 Å². The van der Waals surface area contributed by atoms with Crippen LogP contribution in [-0.4, -0.2) is 76.2 Å². The van der Waals surface area contributed by atoms with E-state index in [4.69, 9.17) is 14.2 Å². The van der Waals surface area contributed by atoms with Crippen LogP contribution in [0.4, 0.5) is 0 Å². The Kier molecular flexibility index (Phi) is 8.82. The molecule has 8 heteroatoms. The molecule has 2 heterocycles. The molecule has 4 rings (SSSR count). The molecule has 8 nitrogen and oxygen atoms in total. The zero-order valence-electron chi connectivity index (χ0n) is 23.5. The number of hydrogen-bond acceptors (Lipinski definition) is 6. The Bertz CT molecular complexity index is 1130. The number of nitrogens with zero attached hydrogens (tertiary/aromatic N) is 2. The smallest absolute Gasteiger partial charge is 0.254 e. The molecule has 2 amide bonds. The fraction of sp³-hybridized carbons (Fsp3) is 0.533. The summed E-state index contributed by atoms with van der Waals surface area (Å²) in [4.78, 5) is 31.5. The molecule has 0 spiro atoms. The molecule has 0 saturated carbocycles. The Labute approximate surface area is 226 Å². The number of ether oxygens (including phenoxy) is 3. The van der Waals surface area contributed by atoms with E-state index in [1.54, 1.807) is 38.3 Å². The first-order valence-electron chi connectivity index (χ1n) is 13.4. The maximum absolute atomic E-state index is 13.9. The molecular weight excluding hydrogens is 482 g/mol. The standard InChI is InChI=1S/C30H41N3O5/c1-19-14-20(2)18-33(17-19)13-7-12-31-29(34)27-23-15-25(37-5)26(38-6)16-24(23)30(35)32(3)28(27)21-8-10-22(36-4)11-9-21/h8-11,15-16,19-20,27-28H,7,12-14,17-18H2,1-6H3,(H,31,34)/t19-,20+,27-,28-/m0/s1. The maximum atomic E-state index is 13.9.